The van der Waals surface area contributed by atoms with Gasteiger partial charge in [-0.2, -0.15) is 0 Å². The third kappa shape index (κ3) is 4.74. The standard InChI is InChI=1S/C38H28N6/c1-3-13-25(14-4-1)35(37-41-29-17-7-8-18-30(29)42-37)33-23-11-21-27(39-33)28-22-12-24-34(40-28)36(26-15-5-2-6-16-26)38-43-31-19-9-10-20-32(31)44-38/h1-24,41-44H. The van der Waals surface area contributed by atoms with E-state index in [1.54, 1.807) is 0 Å². The van der Waals surface area contributed by atoms with Crippen LogP contribution in [0.5, 0.6) is 0 Å². The fraction of sp³-hybridized carbons (Fsp3) is 0. The van der Waals surface area contributed by atoms with Crippen LogP contribution in [0.1, 0.15) is 22.5 Å². The first kappa shape index (κ1) is 25.6. The third-order valence-corrected chi connectivity index (χ3v) is 7.79. The van der Waals surface area contributed by atoms with E-state index in [4.69, 9.17) is 9.97 Å². The number of nitrogens with zero attached hydrogens (tertiary/aromatic N) is 2. The van der Waals surface area contributed by atoms with Gasteiger partial charge >= 0.3 is 0 Å². The fourth-order valence-corrected chi connectivity index (χ4v) is 5.74. The molecule has 44 heavy (non-hydrogen) atoms. The van der Waals surface area contributed by atoms with E-state index < -0.39 is 0 Å². The first-order valence-corrected chi connectivity index (χ1v) is 14.6. The largest absolute Gasteiger partial charge is 0.340 e. The number of hydrogen-bond donors (Lipinski definition) is 4. The van der Waals surface area contributed by atoms with E-state index in [0.717, 1.165) is 79.4 Å². The zero-order valence-corrected chi connectivity index (χ0v) is 23.8. The molecule has 4 aromatic carbocycles. The van der Waals surface area contributed by atoms with E-state index in [0.29, 0.717) is 0 Å². The van der Waals surface area contributed by atoms with Gasteiger partial charge in [-0.25, -0.2) is 9.97 Å². The SMILES string of the molecule is c1ccc(C(=C2Nc3ccccc3N2)c2cccc(-c3cccc(C(=C4Nc5ccccc5N4)c4ccccc4)n3)n2)cc1. The number of benzene rings is 4. The van der Waals surface area contributed by atoms with Gasteiger partial charge in [0, 0.05) is 11.1 Å². The Labute approximate surface area is 255 Å². The minimum Gasteiger partial charge on any atom is -0.340 e. The molecule has 2 aliphatic heterocycles. The van der Waals surface area contributed by atoms with Gasteiger partial charge in [0.25, 0.3) is 0 Å². The zero-order chi connectivity index (χ0) is 29.3. The van der Waals surface area contributed by atoms with E-state index in [-0.39, 0.29) is 0 Å². The van der Waals surface area contributed by atoms with Gasteiger partial charge < -0.3 is 21.3 Å². The second kappa shape index (κ2) is 10.9. The Bertz CT molecular complexity index is 1860. The first-order valence-electron chi connectivity index (χ1n) is 14.6. The summed E-state index contributed by atoms with van der Waals surface area (Å²) in [6.45, 7) is 0. The summed E-state index contributed by atoms with van der Waals surface area (Å²) in [4.78, 5) is 10.4. The summed E-state index contributed by atoms with van der Waals surface area (Å²) >= 11 is 0. The number of rotatable bonds is 5. The molecule has 2 aliphatic rings. The molecule has 4 heterocycles. The van der Waals surface area contributed by atoms with Crippen LogP contribution in [-0.2, 0) is 0 Å². The van der Waals surface area contributed by atoms with Crippen LogP contribution in [0.4, 0.5) is 22.7 Å². The van der Waals surface area contributed by atoms with E-state index in [1.807, 2.05) is 60.7 Å². The molecule has 210 valence electrons. The molecule has 6 nitrogen and oxygen atoms in total. The third-order valence-electron chi connectivity index (χ3n) is 7.79. The number of pyridine rings is 2. The highest BCUT2D eigenvalue weighted by Crippen LogP contribution is 2.38. The molecule has 6 aromatic rings. The predicted molar refractivity (Wildman–Crippen MR) is 180 cm³/mol. The van der Waals surface area contributed by atoms with Gasteiger partial charge in [-0.3, -0.25) is 0 Å². The van der Waals surface area contributed by atoms with Gasteiger partial charge in [-0.05, 0) is 59.7 Å². The molecule has 4 N–H and O–H groups in total. The van der Waals surface area contributed by atoms with Crippen molar-refractivity contribution >= 4 is 33.9 Å². The van der Waals surface area contributed by atoms with Crippen molar-refractivity contribution in [3.05, 3.63) is 180 Å². The van der Waals surface area contributed by atoms with Crippen LogP contribution in [0.15, 0.2) is 157 Å². The Morgan fingerprint density at radius 3 is 1.05 bits per heavy atom. The molecule has 0 saturated heterocycles. The van der Waals surface area contributed by atoms with Gasteiger partial charge in [0.2, 0.25) is 0 Å². The number of hydrogen-bond acceptors (Lipinski definition) is 6. The molecular weight excluding hydrogens is 540 g/mol. The van der Waals surface area contributed by atoms with Crippen LogP contribution in [0.2, 0.25) is 0 Å². The van der Waals surface area contributed by atoms with Crippen molar-refractivity contribution in [2.75, 3.05) is 21.3 Å². The molecule has 0 bridgehead atoms. The average molecular weight is 569 g/mol. The van der Waals surface area contributed by atoms with Crippen molar-refractivity contribution < 1.29 is 0 Å². The van der Waals surface area contributed by atoms with Crippen molar-refractivity contribution in [2.45, 2.75) is 0 Å². The van der Waals surface area contributed by atoms with Gasteiger partial charge in [-0.15, -0.1) is 0 Å². The summed E-state index contributed by atoms with van der Waals surface area (Å²) < 4.78 is 0. The summed E-state index contributed by atoms with van der Waals surface area (Å²) in [5.41, 5.74) is 11.6. The zero-order valence-electron chi connectivity index (χ0n) is 23.8. The minimum absolute atomic E-state index is 0.793. The normalized spacial score (nSPS) is 12.7. The van der Waals surface area contributed by atoms with Gasteiger partial charge in [0.1, 0.15) is 11.6 Å². The Morgan fingerprint density at radius 2 is 0.682 bits per heavy atom. The number of aromatic nitrogens is 2. The summed E-state index contributed by atoms with van der Waals surface area (Å²) in [5, 5.41) is 14.3. The van der Waals surface area contributed by atoms with Crippen LogP contribution in [0.3, 0.4) is 0 Å². The lowest BCUT2D eigenvalue weighted by molar-refractivity contribution is 1.19. The Morgan fingerprint density at radius 1 is 0.341 bits per heavy atom. The lowest BCUT2D eigenvalue weighted by Crippen LogP contribution is -2.08. The summed E-state index contributed by atoms with van der Waals surface area (Å²) in [6.07, 6.45) is 0. The molecule has 8 rings (SSSR count). The maximum atomic E-state index is 5.18. The maximum Gasteiger partial charge on any atom is 0.118 e. The van der Waals surface area contributed by atoms with Crippen molar-refractivity contribution in [1.82, 2.24) is 9.97 Å². The van der Waals surface area contributed by atoms with E-state index in [2.05, 4.69) is 106 Å². The van der Waals surface area contributed by atoms with Gasteiger partial charge in [0.15, 0.2) is 0 Å². The molecule has 0 fully saturated rings. The predicted octanol–water partition coefficient (Wildman–Crippen LogP) is 8.65. The second-order valence-corrected chi connectivity index (χ2v) is 10.6. The molecule has 6 heteroatoms. The van der Waals surface area contributed by atoms with Crippen LogP contribution < -0.4 is 21.3 Å². The van der Waals surface area contributed by atoms with Gasteiger partial charge in [0.05, 0.1) is 45.5 Å². The maximum absolute atomic E-state index is 5.18. The monoisotopic (exact) mass is 568 g/mol. The van der Waals surface area contributed by atoms with Crippen molar-refractivity contribution in [1.29, 1.82) is 0 Å². The molecule has 0 radical (unpaired) electrons. The summed E-state index contributed by atoms with van der Waals surface area (Å²) in [6, 6.07) is 49.4. The second-order valence-electron chi connectivity index (χ2n) is 10.6. The van der Waals surface area contributed by atoms with Crippen molar-refractivity contribution in [3.63, 3.8) is 0 Å². The van der Waals surface area contributed by atoms with E-state index in [9.17, 15) is 0 Å². The molecule has 2 aromatic heterocycles. The quantitative estimate of drug-likeness (QED) is 0.167. The first-order chi connectivity index (χ1) is 21.8. The fourth-order valence-electron chi connectivity index (χ4n) is 5.74. The molecule has 0 saturated carbocycles. The Balaban J connectivity index is 1.22. The smallest absolute Gasteiger partial charge is 0.118 e. The topological polar surface area (TPSA) is 73.9 Å². The lowest BCUT2D eigenvalue weighted by atomic mass is 10.0. The van der Waals surface area contributed by atoms with Crippen LogP contribution in [-0.4, -0.2) is 9.97 Å². The highest BCUT2D eigenvalue weighted by Gasteiger charge is 2.23. The molecule has 0 aliphatic carbocycles. The Kier molecular flexibility index (Phi) is 6.35. The lowest BCUT2D eigenvalue weighted by Gasteiger charge is -2.15. The highest BCUT2D eigenvalue weighted by molar-refractivity contribution is 5.92. The molecular formula is C38H28N6. The molecule has 0 unspecified atom stereocenters. The van der Waals surface area contributed by atoms with Crippen LogP contribution >= 0.6 is 0 Å². The molecule has 0 spiro atoms. The minimum atomic E-state index is 0.793. The summed E-state index contributed by atoms with van der Waals surface area (Å²) in [7, 11) is 0. The number of nitrogens with one attached hydrogen (secondary N) is 4. The van der Waals surface area contributed by atoms with Crippen LogP contribution in [0.25, 0.3) is 22.5 Å². The van der Waals surface area contributed by atoms with Crippen LogP contribution in [0, 0.1) is 0 Å². The summed E-state index contributed by atoms with van der Waals surface area (Å²) in [5.74, 6) is 1.80. The number of anilines is 4. The highest BCUT2D eigenvalue weighted by atomic mass is 15.2. The number of fused-ring (bicyclic) bond motifs is 2. The van der Waals surface area contributed by atoms with E-state index in [1.165, 1.54) is 0 Å². The molecule has 0 atom stereocenters. The van der Waals surface area contributed by atoms with Crippen molar-refractivity contribution in [2.24, 2.45) is 0 Å². The Hall–Kier alpha value is -6.14. The number of para-hydroxylation sites is 4. The molecule has 0 amide bonds. The average Bonchev–Trinajstić information content (AvgIpc) is 3.71. The van der Waals surface area contributed by atoms with E-state index >= 15 is 0 Å². The van der Waals surface area contributed by atoms with Crippen molar-refractivity contribution in [3.8, 4) is 11.4 Å². The van der Waals surface area contributed by atoms with Gasteiger partial charge in [-0.1, -0.05) is 97.1 Å².